The molecule has 2 atom stereocenters. The van der Waals surface area contributed by atoms with Crippen LogP contribution in [0.4, 0.5) is 13.2 Å². The van der Waals surface area contributed by atoms with Crippen LogP contribution in [0.25, 0.3) is 10.9 Å². The van der Waals surface area contributed by atoms with Crippen molar-refractivity contribution in [2.75, 3.05) is 13.6 Å². The molecule has 1 aromatic heterocycles. The molecular formula is C26H27F3N4O3. The summed E-state index contributed by atoms with van der Waals surface area (Å²) in [6, 6.07) is 4.45. The van der Waals surface area contributed by atoms with E-state index < -0.39 is 52.2 Å². The van der Waals surface area contributed by atoms with E-state index in [0.29, 0.717) is 25.3 Å². The molecule has 0 spiro atoms. The Hall–Kier alpha value is -3.40. The lowest BCUT2D eigenvalue weighted by molar-refractivity contribution is -0.136. The fraction of sp³-hybridized carbons (Fsp3) is 0.423. The van der Waals surface area contributed by atoms with Gasteiger partial charge in [-0.2, -0.15) is 0 Å². The molecule has 2 aromatic carbocycles. The highest BCUT2D eigenvalue weighted by Gasteiger charge is 2.53. The zero-order valence-electron chi connectivity index (χ0n) is 20.0. The maximum absolute atomic E-state index is 14.4. The number of likely N-dealkylation sites (N-methyl/N-ethyl adjacent to an activating group) is 1. The van der Waals surface area contributed by atoms with Crippen molar-refractivity contribution in [2.24, 2.45) is 5.92 Å². The summed E-state index contributed by atoms with van der Waals surface area (Å²) in [5.41, 5.74) is -2.15. The summed E-state index contributed by atoms with van der Waals surface area (Å²) in [4.78, 5) is 45.4. The molecule has 3 aliphatic rings. The van der Waals surface area contributed by atoms with Crippen LogP contribution in [0.3, 0.4) is 0 Å². The van der Waals surface area contributed by atoms with Gasteiger partial charge in [0.1, 0.15) is 23.5 Å². The van der Waals surface area contributed by atoms with Crippen molar-refractivity contribution >= 4 is 16.8 Å². The normalized spacial score (nSPS) is 23.5. The Morgan fingerprint density at radius 3 is 2.42 bits per heavy atom. The molecule has 3 heterocycles. The van der Waals surface area contributed by atoms with Crippen molar-refractivity contribution in [2.45, 2.75) is 50.2 Å². The fourth-order valence-electron chi connectivity index (χ4n) is 6.05. The lowest BCUT2D eigenvalue weighted by Gasteiger charge is -2.56. The van der Waals surface area contributed by atoms with Crippen LogP contribution >= 0.6 is 0 Å². The van der Waals surface area contributed by atoms with Crippen LogP contribution in [0.2, 0.25) is 0 Å². The van der Waals surface area contributed by atoms with Crippen LogP contribution in [-0.4, -0.2) is 39.5 Å². The number of aromatic nitrogens is 2. The monoisotopic (exact) mass is 500 g/mol. The summed E-state index contributed by atoms with van der Waals surface area (Å²) in [6.07, 6.45) is 2.84. The Balaban J connectivity index is 1.64. The highest BCUT2D eigenvalue weighted by molar-refractivity contribution is 5.83. The minimum absolute atomic E-state index is 0.0476. The van der Waals surface area contributed by atoms with Gasteiger partial charge in [0.05, 0.1) is 22.5 Å². The third kappa shape index (κ3) is 3.93. The maximum Gasteiger partial charge on any atom is 0.329 e. The molecule has 1 amide bonds. The quantitative estimate of drug-likeness (QED) is 0.562. The van der Waals surface area contributed by atoms with Crippen LogP contribution in [0.1, 0.15) is 50.3 Å². The summed E-state index contributed by atoms with van der Waals surface area (Å²) < 4.78 is 42.7. The number of carbonyl (C=O) groups excluding carboxylic acids is 1. The largest absolute Gasteiger partial charge is 0.348 e. The summed E-state index contributed by atoms with van der Waals surface area (Å²) in [6.45, 7) is 2.26. The number of hydrogen-bond acceptors (Lipinski definition) is 4. The number of piperidine rings is 2. The van der Waals surface area contributed by atoms with Gasteiger partial charge in [0, 0.05) is 18.2 Å². The Morgan fingerprint density at radius 2 is 1.75 bits per heavy atom. The molecule has 3 fully saturated rings. The van der Waals surface area contributed by atoms with E-state index >= 15 is 0 Å². The summed E-state index contributed by atoms with van der Waals surface area (Å²) in [5.74, 6) is -2.37. The number of halogens is 3. The van der Waals surface area contributed by atoms with E-state index in [4.69, 9.17) is 0 Å². The van der Waals surface area contributed by atoms with E-state index in [1.165, 1.54) is 12.1 Å². The second kappa shape index (κ2) is 8.92. The number of hydrogen-bond donors (Lipinski definition) is 2. The predicted molar refractivity (Wildman–Crippen MR) is 128 cm³/mol. The van der Waals surface area contributed by atoms with Gasteiger partial charge in [-0.05, 0) is 69.8 Å². The zero-order chi connectivity index (χ0) is 25.8. The Labute approximate surface area is 204 Å². The molecule has 7 nitrogen and oxygen atoms in total. The molecular weight excluding hydrogens is 473 g/mol. The molecule has 10 heteroatoms. The van der Waals surface area contributed by atoms with Gasteiger partial charge in [-0.1, -0.05) is 6.07 Å². The number of amides is 1. The summed E-state index contributed by atoms with van der Waals surface area (Å²) in [7, 11) is 1.87. The van der Waals surface area contributed by atoms with E-state index in [1.807, 2.05) is 11.9 Å². The minimum Gasteiger partial charge on any atom is -0.348 e. The van der Waals surface area contributed by atoms with Gasteiger partial charge < -0.3 is 10.3 Å². The van der Waals surface area contributed by atoms with Gasteiger partial charge in [-0.15, -0.1) is 0 Å². The van der Waals surface area contributed by atoms with Crippen molar-refractivity contribution in [3.8, 4) is 0 Å². The number of rotatable bonds is 5. The van der Waals surface area contributed by atoms with Gasteiger partial charge in [-0.25, -0.2) is 22.5 Å². The van der Waals surface area contributed by atoms with E-state index in [9.17, 15) is 27.6 Å². The first-order chi connectivity index (χ1) is 17.1. The number of carbonyl (C=O) groups is 1. The predicted octanol–water partition coefficient (Wildman–Crippen LogP) is 3.40. The van der Waals surface area contributed by atoms with E-state index in [1.54, 1.807) is 6.92 Å². The number of nitrogens with one attached hydrogen (secondary N) is 2. The van der Waals surface area contributed by atoms with Gasteiger partial charge in [0.15, 0.2) is 0 Å². The van der Waals surface area contributed by atoms with Crippen LogP contribution in [0.15, 0.2) is 46.0 Å². The lowest BCUT2D eigenvalue weighted by atomic mass is 9.66. The maximum atomic E-state index is 14.4. The molecule has 2 aliphatic heterocycles. The molecule has 1 unspecified atom stereocenters. The molecule has 36 heavy (non-hydrogen) atoms. The highest BCUT2D eigenvalue weighted by Crippen LogP contribution is 2.48. The van der Waals surface area contributed by atoms with Gasteiger partial charge in [-0.3, -0.25) is 14.5 Å². The number of H-pyrrole nitrogens is 1. The second-order valence-corrected chi connectivity index (χ2v) is 10.0. The first-order valence-electron chi connectivity index (χ1n) is 12.0. The fourth-order valence-corrected chi connectivity index (χ4v) is 6.05. The average Bonchev–Trinajstić information content (AvgIpc) is 2.83. The topological polar surface area (TPSA) is 87.2 Å². The van der Waals surface area contributed by atoms with Crippen LogP contribution in [0.5, 0.6) is 0 Å². The third-order valence-corrected chi connectivity index (χ3v) is 7.96. The molecule has 6 rings (SSSR count). The number of fused-ring (bicyclic) bond motifs is 4. The molecule has 3 aromatic rings. The number of aromatic amines is 1. The van der Waals surface area contributed by atoms with Crippen molar-refractivity contribution in [3.63, 3.8) is 0 Å². The van der Waals surface area contributed by atoms with Gasteiger partial charge >= 0.3 is 5.69 Å². The molecule has 2 N–H and O–H groups in total. The second-order valence-electron chi connectivity index (χ2n) is 10.0. The Kier molecular flexibility index (Phi) is 6.02. The van der Waals surface area contributed by atoms with Crippen LogP contribution in [0, 0.1) is 23.4 Å². The zero-order valence-corrected chi connectivity index (χ0v) is 20.0. The number of nitrogens with zero attached hydrogens (tertiary/aromatic N) is 2. The van der Waals surface area contributed by atoms with Crippen molar-refractivity contribution in [1.82, 2.24) is 19.8 Å². The average molecular weight is 501 g/mol. The summed E-state index contributed by atoms with van der Waals surface area (Å²) >= 11 is 0. The first kappa shape index (κ1) is 24.3. The lowest BCUT2D eigenvalue weighted by Crippen LogP contribution is -2.66. The van der Waals surface area contributed by atoms with Crippen molar-refractivity contribution < 1.29 is 18.0 Å². The molecule has 2 saturated heterocycles. The van der Waals surface area contributed by atoms with E-state index in [0.717, 1.165) is 41.7 Å². The molecule has 0 radical (unpaired) electrons. The molecule has 190 valence electrons. The van der Waals surface area contributed by atoms with E-state index in [2.05, 4.69) is 10.3 Å². The molecule has 1 saturated carbocycles. The first-order valence-corrected chi connectivity index (χ1v) is 12.0. The Morgan fingerprint density at radius 1 is 1.08 bits per heavy atom. The van der Waals surface area contributed by atoms with Gasteiger partial charge in [0.2, 0.25) is 5.91 Å². The number of benzene rings is 2. The van der Waals surface area contributed by atoms with E-state index in [-0.39, 0.29) is 16.5 Å². The Bertz CT molecular complexity index is 1460. The third-order valence-electron chi connectivity index (χ3n) is 7.96. The molecule has 2 bridgehead atoms. The standard InChI is InChI=1S/C26H27F3N4O3/c1-14(18-5-3-17(28)12-20(18)29)30-23(34)22(26-9-7-15(8-10-26)13-32(26)2)33-24(35)19-11-16(27)4-6-21(19)31-25(33)36/h3-6,11-12,14-15,22H,7-10,13H2,1-2H3,(H,30,34)(H,31,36)/t14-,15?,22?,26?/m0/s1. The molecule has 1 aliphatic carbocycles. The SMILES string of the molecule is C[C@H](NC(=O)C(n1c(=O)[nH]c2ccc(F)cc2c1=O)C12CCC(CC1)CN2C)c1ccc(F)cc1F. The highest BCUT2D eigenvalue weighted by atomic mass is 19.1. The summed E-state index contributed by atoms with van der Waals surface area (Å²) in [5, 5.41) is 2.70. The van der Waals surface area contributed by atoms with Crippen molar-refractivity contribution in [1.29, 1.82) is 0 Å². The van der Waals surface area contributed by atoms with Crippen LogP contribution < -0.4 is 16.6 Å². The van der Waals surface area contributed by atoms with Gasteiger partial charge in [0.25, 0.3) is 5.56 Å². The minimum atomic E-state index is -1.25. The van der Waals surface area contributed by atoms with Crippen molar-refractivity contribution in [3.05, 3.63) is 80.3 Å². The van der Waals surface area contributed by atoms with Crippen LogP contribution in [-0.2, 0) is 4.79 Å². The smallest absolute Gasteiger partial charge is 0.329 e.